The van der Waals surface area contributed by atoms with E-state index in [2.05, 4.69) is 15.4 Å². The maximum absolute atomic E-state index is 12.9. The molecule has 4 N–H and O–H groups in total. The number of carbonyl (C=O) groups is 1. The molecule has 2 aliphatic rings. The van der Waals surface area contributed by atoms with Crippen molar-refractivity contribution in [3.63, 3.8) is 0 Å². The van der Waals surface area contributed by atoms with E-state index in [1.807, 2.05) is 0 Å². The van der Waals surface area contributed by atoms with Crippen LogP contribution in [-0.4, -0.2) is 38.9 Å². The summed E-state index contributed by atoms with van der Waals surface area (Å²) in [5.74, 6) is 0.422. The highest BCUT2D eigenvalue weighted by atomic mass is 32.2. The molecule has 1 atom stereocenters. The topological polar surface area (TPSA) is 126 Å². The summed E-state index contributed by atoms with van der Waals surface area (Å²) >= 11 is 0. The third-order valence-corrected chi connectivity index (χ3v) is 5.72. The molecule has 0 bridgehead atoms. The predicted molar refractivity (Wildman–Crippen MR) is 97.7 cm³/mol. The van der Waals surface area contributed by atoms with Crippen LogP contribution < -0.4 is 24.8 Å². The van der Waals surface area contributed by atoms with Gasteiger partial charge in [0.15, 0.2) is 11.5 Å². The Bertz CT molecular complexity index is 1040. The molecule has 142 valence electrons. The van der Waals surface area contributed by atoms with Crippen LogP contribution in [-0.2, 0) is 14.8 Å². The molecular weight excluding hydrogens is 374 g/mol. The summed E-state index contributed by atoms with van der Waals surface area (Å²) in [6.07, 6.45) is -1.44. The van der Waals surface area contributed by atoms with Gasteiger partial charge in [-0.25, -0.2) is 8.42 Å². The summed E-state index contributed by atoms with van der Waals surface area (Å²) in [4.78, 5) is 11.6. The van der Waals surface area contributed by atoms with Gasteiger partial charge in [-0.3, -0.25) is 9.52 Å². The highest BCUT2D eigenvalue weighted by Gasteiger charge is 2.27. The number of aliphatic hydroxyl groups excluding tert-OH is 1. The number of amides is 1. The van der Waals surface area contributed by atoms with Crippen molar-refractivity contribution < 1.29 is 27.8 Å². The van der Waals surface area contributed by atoms with Crippen molar-refractivity contribution in [1.29, 1.82) is 0 Å². The van der Waals surface area contributed by atoms with Gasteiger partial charge in [0.25, 0.3) is 15.9 Å². The van der Waals surface area contributed by atoms with E-state index in [1.165, 1.54) is 12.1 Å². The normalized spacial score (nSPS) is 18.1. The number of ether oxygens (including phenoxy) is 2. The van der Waals surface area contributed by atoms with Gasteiger partial charge in [0, 0.05) is 6.07 Å². The van der Waals surface area contributed by atoms with Crippen LogP contribution in [0.2, 0.25) is 0 Å². The molecule has 10 heteroatoms. The molecule has 1 amide bonds. The lowest BCUT2D eigenvalue weighted by molar-refractivity contribution is -0.122. The minimum atomic E-state index is -3.92. The fraction of sp³-hybridized carbons (Fsp3) is 0.235. The van der Waals surface area contributed by atoms with Crippen LogP contribution in [0.15, 0.2) is 35.2 Å². The van der Waals surface area contributed by atoms with Crippen molar-refractivity contribution in [1.82, 2.24) is 0 Å². The molecule has 0 saturated heterocycles. The van der Waals surface area contributed by atoms with E-state index in [-0.39, 0.29) is 4.90 Å². The van der Waals surface area contributed by atoms with Gasteiger partial charge in [-0.1, -0.05) is 0 Å². The molecule has 9 nitrogen and oxygen atoms in total. The molecule has 4 rings (SSSR count). The van der Waals surface area contributed by atoms with Crippen molar-refractivity contribution in [3.8, 4) is 11.5 Å². The van der Waals surface area contributed by atoms with Gasteiger partial charge in [0.1, 0.15) is 13.2 Å². The van der Waals surface area contributed by atoms with E-state index in [4.69, 9.17) is 9.47 Å². The van der Waals surface area contributed by atoms with Crippen molar-refractivity contribution >= 4 is 33.0 Å². The van der Waals surface area contributed by atoms with E-state index >= 15 is 0 Å². The number of hydrogen-bond donors (Lipinski definition) is 4. The molecule has 0 saturated carbocycles. The van der Waals surface area contributed by atoms with Gasteiger partial charge in [-0.2, -0.15) is 0 Å². The zero-order valence-electron chi connectivity index (χ0n) is 14.3. The lowest BCUT2D eigenvalue weighted by Crippen LogP contribution is -2.38. The zero-order chi connectivity index (χ0) is 19.2. The molecule has 0 aromatic heterocycles. The Balaban J connectivity index is 1.66. The first kappa shape index (κ1) is 17.4. The van der Waals surface area contributed by atoms with Crippen LogP contribution in [0.1, 0.15) is 5.56 Å². The Morgan fingerprint density at radius 1 is 1.11 bits per heavy atom. The summed E-state index contributed by atoms with van der Waals surface area (Å²) in [7, 11) is -3.92. The number of benzene rings is 2. The van der Waals surface area contributed by atoms with Crippen LogP contribution in [0.5, 0.6) is 11.5 Å². The molecule has 1 unspecified atom stereocenters. The van der Waals surface area contributed by atoms with E-state index in [9.17, 15) is 18.3 Å². The lowest BCUT2D eigenvalue weighted by Gasteiger charge is -2.24. The maximum atomic E-state index is 12.9. The smallest absolute Gasteiger partial charge is 0.274 e. The summed E-state index contributed by atoms with van der Waals surface area (Å²) < 4.78 is 39.1. The molecule has 2 aromatic rings. The standard InChI is InChI=1S/C17H17N3O6S/c1-9-6-11-12(19-17(22)16(21)18-11)8-15(9)27(23,24)20-10-2-3-13-14(7-10)26-5-4-25-13/h2-3,6-8,17,19-20,22H,4-5H2,1H3,(H,18,21). The minimum absolute atomic E-state index is 0.0204. The molecule has 0 aliphatic carbocycles. The molecule has 0 radical (unpaired) electrons. The number of fused-ring (bicyclic) bond motifs is 2. The Morgan fingerprint density at radius 2 is 1.85 bits per heavy atom. The number of aryl methyl sites for hydroxylation is 1. The number of sulfonamides is 1. The second kappa shape index (κ2) is 6.32. The van der Waals surface area contributed by atoms with Crippen molar-refractivity contribution in [3.05, 3.63) is 35.9 Å². The quantitative estimate of drug-likeness (QED) is 0.620. The van der Waals surface area contributed by atoms with Gasteiger partial charge in [-0.15, -0.1) is 0 Å². The average Bonchev–Trinajstić information content (AvgIpc) is 2.62. The third kappa shape index (κ3) is 3.24. The molecule has 0 fully saturated rings. The Hall–Kier alpha value is -2.98. The fourth-order valence-electron chi connectivity index (χ4n) is 2.93. The van der Waals surface area contributed by atoms with Gasteiger partial charge in [-0.05, 0) is 36.8 Å². The minimum Gasteiger partial charge on any atom is -0.486 e. The van der Waals surface area contributed by atoms with Crippen molar-refractivity contribution in [2.45, 2.75) is 18.0 Å². The predicted octanol–water partition coefficient (Wildman–Crippen LogP) is 1.25. The summed E-state index contributed by atoms with van der Waals surface area (Å²) in [6, 6.07) is 7.68. The van der Waals surface area contributed by atoms with Gasteiger partial charge >= 0.3 is 0 Å². The third-order valence-electron chi connectivity index (χ3n) is 4.20. The summed E-state index contributed by atoms with van der Waals surface area (Å²) in [6.45, 7) is 2.46. The summed E-state index contributed by atoms with van der Waals surface area (Å²) in [5, 5.41) is 14.7. The van der Waals surface area contributed by atoms with Gasteiger partial charge < -0.3 is 25.2 Å². The molecule has 27 heavy (non-hydrogen) atoms. The first-order chi connectivity index (χ1) is 12.8. The Kier molecular flexibility index (Phi) is 4.08. The number of nitrogens with one attached hydrogen (secondary N) is 3. The van der Waals surface area contributed by atoms with E-state index < -0.39 is 22.2 Å². The fourth-order valence-corrected chi connectivity index (χ4v) is 4.23. The van der Waals surface area contributed by atoms with Gasteiger partial charge in [0.2, 0.25) is 6.23 Å². The van der Waals surface area contributed by atoms with Crippen molar-refractivity contribution in [2.75, 3.05) is 28.6 Å². The largest absolute Gasteiger partial charge is 0.486 e. The second-order valence-electron chi connectivity index (χ2n) is 6.16. The monoisotopic (exact) mass is 391 g/mol. The van der Waals surface area contributed by atoms with Crippen LogP contribution in [0.25, 0.3) is 0 Å². The van der Waals surface area contributed by atoms with Crippen LogP contribution >= 0.6 is 0 Å². The molecular formula is C17H17N3O6S. The van der Waals surface area contributed by atoms with Crippen molar-refractivity contribution in [2.24, 2.45) is 0 Å². The van der Waals surface area contributed by atoms with Crippen LogP contribution in [0.3, 0.4) is 0 Å². The number of aliphatic hydroxyl groups is 1. The highest BCUT2D eigenvalue weighted by molar-refractivity contribution is 7.92. The Morgan fingerprint density at radius 3 is 2.63 bits per heavy atom. The average molecular weight is 391 g/mol. The number of rotatable bonds is 3. The van der Waals surface area contributed by atoms with E-state index in [0.29, 0.717) is 47.3 Å². The van der Waals surface area contributed by atoms with Gasteiger partial charge in [0.05, 0.1) is 22.0 Å². The number of anilines is 3. The zero-order valence-corrected chi connectivity index (χ0v) is 15.1. The number of hydrogen-bond acceptors (Lipinski definition) is 7. The highest BCUT2D eigenvalue weighted by Crippen LogP contribution is 2.35. The molecule has 2 aliphatic heterocycles. The van der Waals surface area contributed by atoms with E-state index in [1.54, 1.807) is 25.1 Å². The first-order valence-electron chi connectivity index (χ1n) is 8.16. The molecule has 0 spiro atoms. The van der Waals surface area contributed by atoms with Crippen LogP contribution in [0.4, 0.5) is 17.1 Å². The SMILES string of the molecule is Cc1cc2c(cc1S(=O)(=O)Nc1ccc3c(c1)OCCO3)NC(O)C(=O)N2. The molecule has 2 heterocycles. The lowest BCUT2D eigenvalue weighted by atomic mass is 10.1. The van der Waals surface area contributed by atoms with Crippen LogP contribution in [0, 0.1) is 6.92 Å². The first-order valence-corrected chi connectivity index (χ1v) is 9.64. The Labute approximate surface area is 155 Å². The maximum Gasteiger partial charge on any atom is 0.274 e. The summed E-state index contributed by atoms with van der Waals surface area (Å²) in [5.41, 5.74) is 1.49. The van der Waals surface area contributed by atoms with E-state index in [0.717, 1.165) is 0 Å². The number of carbonyl (C=O) groups excluding carboxylic acids is 1. The molecule has 2 aromatic carbocycles. The second-order valence-corrected chi connectivity index (χ2v) is 7.81.